The van der Waals surface area contributed by atoms with Gasteiger partial charge in [-0.2, -0.15) is 0 Å². The molecule has 2 saturated heterocycles. The maximum atomic E-state index is 12.5. The molecule has 0 aliphatic carbocycles. The number of hydrogen-bond donors (Lipinski definition) is 1. The molecule has 2 aliphatic heterocycles. The molecule has 2 aliphatic rings. The van der Waals surface area contributed by atoms with Crippen LogP contribution in [0.5, 0.6) is 0 Å². The average Bonchev–Trinajstić information content (AvgIpc) is 3.07. The molecule has 1 N–H and O–H groups in total. The number of amides is 1. The molecule has 5 nitrogen and oxygen atoms in total. The normalized spacial score (nSPS) is 24.5. The second-order valence-electron chi connectivity index (χ2n) is 5.86. The van der Waals surface area contributed by atoms with E-state index in [1.165, 1.54) is 6.07 Å². The van der Waals surface area contributed by atoms with Crippen LogP contribution < -0.4 is 10.7 Å². The first kappa shape index (κ1) is 12.6. The zero-order valence-electron chi connectivity index (χ0n) is 11.5. The molecule has 0 radical (unpaired) electrons. The molecule has 1 aromatic carbocycles. The van der Waals surface area contributed by atoms with Gasteiger partial charge >= 0.3 is 0 Å². The molecule has 2 fully saturated rings. The molecule has 0 bridgehead atoms. The van der Waals surface area contributed by atoms with E-state index in [0.29, 0.717) is 22.8 Å². The van der Waals surface area contributed by atoms with Crippen molar-refractivity contribution in [2.75, 3.05) is 26.2 Å². The molecule has 3 heterocycles. The molecule has 1 amide bonds. The number of rotatable bonds is 1. The zero-order chi connectivity index (χ0) is 14.4. The van der Waals surface area contributed by atoms with Crippen LogP contribution in [0.25, 0.3) is 11.0 Å². The van der Waals surface area contributed by atoms with Gasteiger partial charge in [0.15, 0.2) is 11.2 Å². The van der Waals surface area contributed by atoms with Crippen molar-refractivity contribution in [2.24, 2.45) is 11.8 Å². The molecule has 1 aromatic heterocycles. The van der Waals surface area contributed by atoms with E-state index in [9.17, 15) is 9.59 Å². The van der Waals surface area contributed by atoms with Gasteiger partial charge in [0, 0.05) is 32.2 Å². The average molecular weight is 284 g/mol. The van der Waals surface area contributed by atoms with Crippen molar-refractivity contribution >= 4 is 16.9 Å². The van der Waals surface area contributed by atoms with Crippen molar-refractivity contribution in [2.45, 2.75) is 0 Å². The molecule has 0 unspecified atom stereocenters. The fourth-order valence-electron chi connectivity index (χ4n) is 3.39. The van der Waals surface area contributed by atoms with E-state index in [2.05, 4.69) is 5.32 Å². The summed E-state index contributed by atoms with van der Waals surface area (Å²) in [6.45, 7) is 3.42. The van der Waals surface area contributed by atoms with Gasteiger partial charge in [0.05, 0.1) is 5.39 Å². The summed E-state index contributed by atoms with van der Waals surface area (Å²) in [6, 6.07) is 8.33. The predicted octanol–water partition coefficient (Wildman–Crippen LogP) is 1.08. The second-order valence-corrected chi connectivity index (χ2v) is 5.86. The van der Waals surface area contributed by atoms with Gasteiger partial charge in [-0.05, 0) is 24.0 Å². The van der Waals surface area contributed by atoms with Crippen molar-refractivity contribution in [1.29, 1.82) is 0 Å². The van der Waals surface area contributed by atoms with E-state index >= 15 is 0 Å². The second kappa shape index (κ2) is 4.70. The number of likely N-dealkylation sites (tertiary alicyclic amines) is 1. The number of fused-ring (bicyclic) bond motifs is 2. The first-order valence-corrected chi connectivity index (χ1v) is 7.25. The summed E-state index contributed by atoms with van der Waals surface area (Å²) < 4.78 is 5.63. The lowest BCUT2D eigenvalue weighted by Crippen LogP contribution is -2.32. The Morgan fingerprint density at radius 3 is 2.67 bits per heavy atom. The number of nitrogens with zero attached hydrogens (tertiary/aromatic N) is 1. The molecular weight excluding hydrogens is 268 g/mol. The first-order chi connectivity index (χ1) is 10.2. The SMILES string of the molecule is O=C(c1cc(=O)c2ccccc2o1)N1C[C@H]2CNC[C@H]2C1. The Balaban J connectivity index is 1.67. The van der Waals surface area contributed by atoms with Gasteiger partial charge in [0.1, 0.15) is 5.58 Å². The molecule has 2 atom stereocenters. The molecule has 21 heavy (non-hydrogen) atoms. The van der Waals surface area contributed by atoms with Crippen LogP contribution in [-0.2, 0) is 0 Å². The number of carbonyl (C=O) groups is 1. The zero-order valence-corrected chi connectivity index (χ0v) is 11.5. The van der Waals surface area contributed by atoms with E-state index < -0.39 is 0 Å². The predicted molar refractivity (Wildman–Crippen MR) is 78.2 cm³/mol. The molecule has 0 saturated carbocycles. The van der Waals surface area contributed by atoms with Crippen LogP contribution in [0, 0.1) is 11.8 Å². The minimum absolute atomic E-state index is 0.145. The fraction of sp³-hybridized carbons (Fsp3) is 0.375. The van der Waals surface area contributed by atoms with E-state index in [-0.39, 0.29) is 17.1 Å². The molecule has 5 heteroatoms. The van der Waals surface area contributed by atoms with Gasteiger partial charge in [-0.3, -0.25) is 9.59 Å². The summed E-state index contributed by atoms with van der Waals surface area (Å²) in [4.78, 5) is 26.4. The topological polar surface area (TPSA) is 62.6 Å². The highest BCUT2D eigenvalue weighted by molar-refractivity contribution is 5.93. The Kier molecular flexibility index (Phi) is 2.82. The summed E-state index contributed by atoms with van der Waals surface area (Å²) in [5.41, 5.74) is 0.302. The smallest absolute Gasteiger partial charge is 0.289 e. The summed E-state index contributed by atoms with van der Waals surface area (Å²) in [7, 11) is 0. The third kappa shape index (κ3) is 2.05. The van der Waals surface area contributed by atoms with Gasteiger partial charge in [-0.25, -0.2) is 0 Å². The van der Waals surface area contributed by atoms with Crippen molar-refractivity contribution in [3.05, 3.63) is 46.3 Å². The molecule has 4 rings (SSSR count). The summed E-state index contributed by atoms with van der Waals surface area (Å²) in [5.74, 6) is 1.03. The number of benzene rings is 1. The van der Waals surface area contributed by atoms with Crippen LogP contribution in [0.1, 0.15) is 10.6 Å². The Bertz CT molecular complexity index is 755. The first-order valence-electron chi connectivity index (χ1n) is 7.25. The van der Waals surface area contributed by atoms with Crippen LogP contribution >= 0.6 is 0 Å². The van der Waals surface area contributed by atoms with Gasteiger partial charge in [0.25, 0.3) is 5.91 Å². The molecule has 2 aromatic rings. The monoisotopic (exact) mass is 284 g/mol. The fourth-order valence-corrected chi connectivity index (χ4v) is 3.39. The van der Waals surface area contributed by atoms with Crippen LogP contribution in [0.4, 0.5) is 0 Å². The molecule has 108 valence electrons. The van der Waals surface area contributed by atoms with Gasteiger partial charge < -0.3 is 14.6 Å². The van der Waals surface area contributed by atoms with E-state index in [1.807, 2.05) is 4.90 Å². The molecule has 0 spiro atoms. The van der Waals surface area contributed by atoms with Crippen molar-refractivity contribution in [3.8, 4) is 0 Å². The quantitative estimate of drug-likeness (QED) is 0.851. The Hall–Kier alpha value is -2.14. The van der Waals surface area contributed by atoms with Crippen molar-refractivity contribution < 1.29 is 9.21 Å². The standard InChI is InChI=1S/C16H16N2O3/c19-13-5-15(21-14-4-2-1-3-12(13)14)16(20)18-8-10-6-17-7-11(10)9-18/h1-5,10-11,17H,6-9H2/t10-,11+. The van der Waals surface area contributed by atoms with Gasteiger partial charge in [-0.15, -0.1) is 0 Å². The maximum Gasteiger partial charge on any atom is 0.289 e. The lowest BCUT2D eigenvalue weighted by atomic mass is 10.0. The number of carbonyl (C=O) groups excluding carboxylic acids is 1. The number of hydrogen-bond acceptors (Lipinski definition) is 4. The Morgan fingerprint density at radius 2 is 1.90 bits per heavy atom. The van der Waals surface area contributed by atoms with E-state index in [1.54, 1.807) is 24.3 Å². The summed E-state index contributed by atoms with van der Waals surface area (Å²) in [5, 5.41) is 3.86. The summed E-state index contributed by atoms with van der Waals surface area (Å²) in [6.07, 6.45) is 0. The Labute approximate surface area is 121 Å². The molecular formula is C16H16N2O3. The largest absolute Gasteiger partial charge is 0.451 e. The van der Waals surface area contributed by atoms with Crippen LogP contribution in [-0.4, -0.2) is 37.0 Å². The van der Waals surface area contributed by atoms with Crippen molar-refractivity contribution in [3.63, 3.8) is 0 Å². The minimum atomic E-state index is -0.174. The number of para-hydroxylation sites is 1. The lowest BCUT2D eigenvalue weighted by Gasteiger charge is -2.16. The van der Waals surface area contributed by atoms with Gasteiger partial charge in [0.2, 0.25) is 0 Å². The van der Waals surface area contributed by atoms with Crippen LogP contribution in [0.15, 0.2) is 39.5 Å². The minimum Gasteiger partial charge on any atom is -0.451 e. The lowest BCUT2D eigenvalue weighted by molar-refractivity contribution is 0.0750. The van der Waals surface area contributed by atoms with Crippen LogP contribution in [0.3, 0.4) is 0 Å². The highest BCUT2D eigenvalue weighted by atomic mass is 16.3. The van der Waals surface area contributed by atoms with E-state index in [0.717, 1.165) is 26.2 Å². The third-order valence-electron chi connectivity index (χ3n) is 4.52. The Morgan fingerprint density at radius 1 is 1.19 bits per heavy atom. The van der Waals surface area contributed by atoms with Crippen molar-refractivity contribution in [1.82, 2.24) is 10.2 Å². The van der Waals surface area contributed by atoms with E-state index in [4.69, 9.17) is 4.42 Å². The maximum absolute atomic E-state index is 12.5. The highest BCUT2D eigenvalue weighted by Gasteiger charge is 2.38. The highest BCUT2D eigenvalue weighted by Crippen LogP contribution is 2.27. The third-order valence-corrected chi connectivity index (χ3v) is 4.52. The summed E-state index contributed by atoms with van der Waals surface area (Å²) >= 11 is 0. The number of nitrogens with one attached hydrogen (secondary N) is 1. The van der Waals surface area contributed by atoms with Gasteiger partial charge in [-0.1, -0.05) is 12.1 Å². The van der Waals surface area contributed by atoms with Crippen LogP contribution in [0.2, 0.25) is 0 Å².